The van der Waals surface area contributed by atoms with Crippen molar-refractivity contribution in [2.45, 2.75) is 38.3 Å². The first-order chi connectivity index (χ1) is 10.2. The lowest BCUT2D eigenvalue weighted by molar-refractivity contribution is -0.137. The maximum Gasteiger partial charge on any atom is 0.239 e. The van der Waals surface area contributed by atoms with E-state index in [0.29, 0.717) is 19.3 Å². The van der Waals surface area contributed by atoms with Gasteiger partial charge in [-0.3, -0.25) is 4.79 Å². The third-order valence-electron chi connectivity index (χ3n) is 4.53. The van der Waals surface area contributed by atoms with Crippen molar-refractivity contribution in [3.05, 3.63) is 35.4 Å². The molecule has 1 aliphatic carbocycles. The van der Waals surface area contributed by atoms with Gasteiger partial charge >= 0.3 is 0 Å². The van der Waals surface area contributed by atoms with E-state index in [9.17, 15) is 4.79 Å². The molecule has 1 aliphatic heterocycles. The highest BCUT2D eigenvalue weighted by atomic mass is 16.5. The number of hydrogen-bond acceptors (Lipinski definition) is 3. The Kier molecular flexibility index (Phi) is 4.56. The number of aryl methyl sites for hydroxylation is 1. The van der Waals surface area contributed by atoms with Crippen LogP contribution in [0.5, 0.6) is 0 Å². The van der Waals surface area contributed by atoms with Gasteiger partial charge in [0.05, 0.1) is 19.3 Å². The molecule has 114 valence electrons. The highest BCUT2D eigenvalue weighted by molar-refractivity contribution is 5.81. The second kappa shape index (κ2) is 6.58. The molecule has 0 saturated carbocycles. The normalized spacial score (nSPS) is 23.5. The van der Waals surface area contributed by atoms with E-state index in [1.54, 1.807) is 0 Å². The minimum atomic E-state index is -0.113. The van der Waals surface area contributed by atoms with Crippen LogP contribution >= 0.6 is 0 Å². The van der Waals surface area contributed by atoms with Crippen molar-refractivity contribution >= 4 is 5.91 Å². The van der Waals surface area contributed by atoms with E-state index in [4.69, 9.17) is 4.74 Å². The highest BCUT2D eigenvalue weighted by Crippen LogP contribution is 2.21. The van der Waals surface area contributed by atoms with E-state index in [2.05, 4.69) is 29.6 Å². The van der Waals surface area contributed by atoms with Gasteiger partial charge in [-0.25, -0.2) is 0 Å². The second-order valence-corrected chi connectivity index (χ2v) is 6.03. The van der Waals surface area contributed by atoms with Crippen molar-refractivity contribution in [2.75, 3.05) is 26.3 Å². The van der Waals surface area contributed by atoms with Crippen molar-refractivity contribution in [3.63, 3.8) is 0 Å². The lowest BCUT2D eigenvalue weighted by Crippen LogP contribution is -2.52. The quantitative estimate of drug-likeness (QED) is 0.913. The van der Waals surface area contributed by atoms with Gasteiger partial charge in [0, 0.05) is 19.1 Å². The maximum absolute atomic E-state index is 12.4. The number of benzene rings is 1. The fourth-order valence-electron chi connectivity index (χ4n) is 3.32. The lowest BCUT2D eigenvalue weighted by atomic mass is 9.88. The number of ether oxygens (including phenoxy) is 1. The molecule has 0 radical (unpaired) electrons. The van der Waals surface area contributed by atoms with Gasteiger partial charge < -0.3 is 15.0 Å². The van der Waals surface area contributed by atoms with Crippen LogP contribution < -0.4 is 5.32 Å². The molecule has 3 rings (SSSR count). The molecule has 1 aromatic carbocycles. The van der Waals surface area contributed by atoms with Crippen LogP contribution in [-0.4, -0.2) is 49.2 Å². The Morgan fingerprint density at radius 2 is 2.00 bits per heavy atom. The highest BCUT2D eigenvalue weighted by Gasteiger charge is 2.26. The third kappa shape index (κ3) is 3.44. The molecule has 4 heteroatoms. The summed E-state index contributed by atoms with van der Waals surface area (Å²) in [6, 6.07) is 8.92. The number of amides is 1. The van der Waals surface area contributed by atoms with Crippen LogP contribution in [0.3, 0.4) is 0 Å². The van der Waals surface area contributed by atoms with E-state index in [0.717, 1.165) is 32.4 Å². The number of carbonyl (C=O) groups excluding carboxylic acids is 1. The standard InChI is InChI=1S/C17H24N2O2/c1-13(17(20)19-8-10-21-11-9-19)18-16-7-6-14-4-2-3-5-15(14)12-16/h2-5,13,16,18H,6-12H2,1H3. The summed E-state index contributed by atoms with van der Waals surface area (Å²) < 4.78 is 5.30. The summed E-state index contributed by atoms with van der Waals surface area (Å²) in [5.41, 5.74) is 2.88. The molecule has 2 aliphatic rings. The van der Waals surface area contributed by atoms with Crippen molar-refractivity contribution in [1.82, 2.24) is 10.2 Å². The minimum absolute atomic E-state index is 0.113. The fraction of sp³-hybridized carbons (Fsp3) is 0.588. The van der Waals surface area contributed by atoms with Gasteiger partial charge in [0.25, 0.3) is 0 Å². The van der Waals surface area contributed by atoms with Gasteiger partial charge in [-0.05, 0) is 37.3 Å². The Bertz CT molecular complexity index is 497. The molecular formula is C17H24N2O2. The largest absolute Gasteiger partial charge is 0.378 e. The summed E-state index contributed by atoms with van der Waals surface area (Å²) >= 11 is 0. The molecule has 0 bridgehead atoms. The summed E-state index contributed by atoms with van der Waals surface area (Å²) in [7, 11) is 0. The van der Waals surface area contributed by atoms with Gasteiger partial charge in [0.1, 0.15) is 0 Å². The number of nitrogens with zero attached hydrogens (tertiary/aromatic N) is 1. The summed E-state index contributed by atoms with van der Waals surface area (Å²) in [6.07, 6.45) is 3.24. The Labute approximate surface area is 126 Å². The zero-order valence-corrected chi connectivity index (χ0v) is 12.7. The zero-order valence-electron chi connectivity index (χ0n) is 12.7. The first kappa shape index (κ1) is 14.5. The van der Waals surface area contributed by atoms with Gasteiger partial charge in [-0.1, -0.05) is 24.3 Å². The predicted molar refractivity (Wildman–Crippen MR) is 82.3 cm³/mol. The molecule has 2 atom stereocenters. The molecule has 0 spiro atoms. The van der Waals surface area contributed by atoms with Crippen molar-refractivity contribution in [3.8, 4) is 0 Å². The molecule has 4 nitrogen and oxygen atoms in total. The molecule has 1 saturated heterocycles. The molecule has 21 heavy (non-hydrogen) atoms. The minimum Gasteiger partial charge on any atom is -0.378 e. The summed E-state index contributed by atoms with van der Waals surface area (Å²) in [4.78, 5) is 14.3. The van der Waals surface area contributed by atoms with Gasteiger partial charge in [0.15, 0.2) is 0 Å². The Balaban J connectivity index is 1.56. The van der Waals surface area contributed by atoms with Crippen molar-refractivity contribution in [2.24, 2.45) is 0 Å². The third-order valence-corrected chi connectivity index (χ3v) is 4.53. The Morgan fingerprint density at radius 1 is 1.29 bits per heavy atom. The SMILES string of the molecule is CC(NC1CCc2ccccc2C1)C(=O)N1CCOCC1. The van der Waals surface area contributed by atoms with Crippen molar-refractivity contribution in [1.29, 1.82) is 0 Å². The van der Waals surface area contributed by atoms with E-state index < -0.39 is 0 Å². The van der Waals surface area contributed by atoms with E-state index >= 15 is 0 Å². The second-order valence-electron chi connectivity index (χ2n) is 6.03. The lowest BCUT2D eigenvalue weighted by Gasteiger charge is -2.32. The fourth-order valence-corrected chi connectivity index (χ4v) is 3.32. The van der Waals surface area contributed by atoms with Crippen LogP contribution in [0.25, 0.3) is 0 Å². The Morgan fingerprint density at radius 3 is 2.76 bits per heavy atom. The molecule has 2 unspecified atom stereocenters. The number of morpholine rings is 1. The molecule has 1 fully saturated rings. The van der Waals surface area contributed by atoms with Crippen LogP contribution in [0.1, 0.15) is 24.5 Å². The van der Waals surface area contributed by atoms with Crippen molar-refractivity contribution < 1.29 is 9.53 Å². The number of hydrogen-bond donors (Lipinski definition) is 1. The van der Waals surface area contributed by atoms with Gasteiger partial charge in [-0.2, -0.15) is 0 Å². The molecule has 1 amide bonds. The van der Waals surface area contributed by atoms with Crippen LogP contribution in [-0.2, 0) is 22.4 Å². The van der Waals surface area contributed by atoms with Gasteiger partial charge in [0.2, 0.25) is 5.91 Å². The first-order valence-electron chi connectivity index (χ1n) is 7.93. The van der Waals surface area contributed by atoms with Crippen LogP contribution in [0.2, 0.25) is 0 Å². The number of fused-ring (bicyclic) bond motifs is 1. The van der Waals surface area contributed by atoms with E-state index in [1.807, 2.05) is 11.8 Å². The number of carbonyl (C=O) groups is 1. The molecule has 1 aromatic rings. The summed E-state index contributed by atoms with van der Waals surface area (Å²) in [5.74, 6) is 0.206. The average Bonchev–Trinajstić information content (AvgIpc) is 2.55. The first-order valence-corrected chi connectivity index (χ1v) is 7.93. The van der Waals surface area contributed by atoms with Crippen LogP contribution in [0, 0.1) is 0 Å². The molecule has 1 N–H and O–H groups in total. The molecule has 0 aromatic heterocycles. The molecule has 1 heterocycles. The number of rotatable bonds is 3. The summed E-state index contributed by atoms with van der Waals surface area (Å²) in [5, 5.41) is 3.52. The monoisotopic (exact) mass is 288 g/mol. The topological polar surface area (TPSA) is 41.6 Å². The Hall–Kier alpha value is -1.39. The van der Waals surface area contributed by atoms with E-state index in [-0.39, 0.29) is 11.9 Å². The number of nitrogens with one attached hydrogen (secondary N) is 1. The van der Waals surface area contributed by atoms with Gasteiger partial charge in [-0.15, -0.1) is 0 Å². The summed E-state index contributed by atoms with van der Waals surface area (Å²) in [6.45, 7) is 4.75. The van der Waals surface area contributed by atoms with Crippen LogP contribution in [0.4, 0.5) is 0 Å². The smallest absolute Gasteiger partial charge is 0.239 e. The zero-order chi connectivity index (χ0) is 14.7. The van der Waals surface area contributed by atoms with Crippen LogP contribution in [0.15, 0.2) is 24.3 Å². The predicted octanol–water partition coefficient (Wildman–Crippen LogP) is 1.38. The average molecular weight is 288 g/mol. The van der Waals surface area contributed by atoms with E-state index in [1.165, 1.54) is 11.1 Å². The molecular weight excluding hydrogens is 264 g/mol. The maximum atomic E-state index is 12.4.